The average molecular weight is 346 g/mol. The van der Waals surface area contributed by atoms with Crippen molar-refractivity contribution in [3.05, 3.63) is 0 Å². The van der Waals surface area contributed by atoms with Crippen LogP contribution in [0, 0.1) is 11.3 Å². The molecule has 0 amide bonds. The highest BCUT2D eigenvalue weighted by atomic mass is 19.4. The molecule has 1 rings (SSSR count). The summed E-state index contributed by atoms with van der Waals surface area (Å²) in [4.78, 5) is 12.1. The summed E-state index contributed by atoms with van der Waals surface area (Å²) in [6.45, 7) is 4.59. The van der Waals surface area contributed by atoms with E-state index in [-0.39, 0.29) is 19.3 Å². The lowest BCUT2D eigenvalue weighted by Gasteiger charge is -2.36. The molecule has 0 aromatic heterocycles. The van der Waals surface area contributed by atoms with Crippen LogP contribution in [0.25, 0.3) is 0 Å². The zero-order chi connectivity index (χ0) is 18.1. The maximum Gasteiger partial charge on any atom is 0.420 e. The second-order valence-corrected chi connectivity index (χ2v) is 6.73. The lowest BCUT2D eigenvalue weighted by atomic mass is 9.88. The zero-order valence-corrected chi connectivity index (χ0v) is 13.4. The van der Waals surface area contributed by atoms with Crippen molar-refractivity contribution in [2.75, 3.05) is 0 Å². The van der Waals surface area contributed by atoms with Gasteiger partial charge in [0.25, 0.3) is 0 Å². The zero-order valence-electron chi connectivity index (χ0n) is 13.4. The Morgan fingerprint density at radius 3 is 2.04 bits per heavy atom. The van der Waals surface area contributed by atoms with Gasteiger partial charge in [0.1, 0.15) is 0 Å². The van der Waals surface area contributed by atoms with Crippen molar-refractivity contribution in [1.82, 2.24) is 0 Å². The summed E-state index contributed by atoms with van der Waals surface area (Å²) in [5, 5.41) is 9.05. The molecule has 0 spiro atoms. The number of hydrogen-bond donors (Lipinski definition) is 1. The van der Waals surface area contributed by atoms with Crippen molar-refractivity contribution in [1.29, 1.82) is 0 Å². The quantitative estimate of drug-likeness (QED) is 0.582. The van der Waals surface area contributed by atoms with E-state index in [2.05, 4.69) is 0 Å². The summed E-state index contributed by atoms with van der Waals surface area (Å²) in [5.74, 6) is -6.46. The third-order valence-electron chi connectivity index (χ3n) is 4.55. The Labute approximate surface area is 132 Å². The van der Waals surface area contributed by atoms with Crippen molar-refractivity contribution in [3.63, 3.8) is 0 Å². The van der Waals surface area contributed by atoms with Gasteiger partial charge < -0.3 is 9.84 Å². The van der Waals surface area contributed by atoms with Crippen molar-refractivity contribution >= 4 is 5.97 Å². The first-order chi connectivity index (χ1) is 10.3. The molecule has 0 heterocycles. The fourth-order valence-electron chi connectivity index (χ4n) is 2.54. The van der Waals surface area contributed by atoms with Crippen LogP contribution in [0.5, 0.6) is 0 Å². The Hall–Kier alpha value is -0.920. The third kappa shape index (κ3) is 4.55. The minimum absolute atomic E-state index is 0.241. The molecule has 1 aliphatic carbocycles. The van der Waals surface area contributed by atoms with Crippen LogP contribution in [-0.4, -0.2) is 35.4 Å². The molecule has 23 heavy (non-hydrogen) atoms. The molecular formula is C15H23F5O3. The predicted octanol–water partition coefficient (Wildman–Crippen LogP) is 4.08. The summed E-state index contributed by atoms with van der Waals surface area (Å²) in [7, 11) is 0. The van der Waals surface area contributed by atoms with Crippen LogP contribution in [0.4, 0.5) is 22.0 Å². The number of aliphatic hydroxyl groups excluding tert-OH is 1. The van der Waals surface area contributed by atoms with Crippen LogP contribution < -0.4 is 0 Å². The first-order valence-electron chi connectivity index (χ1n) is 7.67. The van der Waals surface area contributed by atoms with E-state index >= 15 is 0 Å². The van der Waals surface area contributed by atoms with Gasteiger partial charge in [0, 0.05) is 5.92 Å². The van der Waals surface area contributed by atoms with Crippen molar-refractivity contribution in [2.24, 2.45) is 11.3 Å². The first-order valence-corrected chi connectivity index (χ1v) is 7.67. The van der Waals surface area contributed by atoms with Gasteiger partial charge in [-0.3, -0.25) is 4.79 Å². The second kappa shape index (κ2) is 6.91. The highest BCUT2D eigenvalue weighted by molar-refractivity contribution is 5.76. The first kappa shape index (κ1) is 20.1. The Bertz CT molecular complexity index is 414. The highest BCUT2D eigenvalue weighted by Gasteiger charge is 2.62. The molecular weight excluding hydrogens is 323 g/mol. The highest BCUT2D eigenvalue weighted by Crippen LogP contribution is 2.43. The monoisotopic (exact) mass is 346 g/mol. The topological polar surface area (TPSA) is 46.5 Å². The van der Waals surface area contributed by atoms with E-state index in [4.69, 9.17) is 9.84 Å². The van der Waals surface area contributed by atoms with Gasteiger partial charge in [-0.1, -0.05) is 19.8 Å². The van der Waals surface area contributed by atoms with Crippen LogP contribution in [0.2, 0.25) is 0 Å². The summed E-state index contributed by atoms with van der Waals surface area (Å²) in [5.41, 5.74) is -1.09. The number of aliphatic hydroxyl groups is 1. The minimum Gasteiger partial charge on any atom is -0.455 e. The summed E-state index contributed by atoms with van der Waals surface area (Å²) < 4.78 is 71.0. The van der Waals surface area contributed by atoms with Gasteiger partial charge in [0.05, 0.1) is 5.41 Å². The van der Waals surface area contributed by atoms with Crippen LogP contribution in [0.3, 0.4) is 0 Å². The van der Waals surface area contributed by atoms with Crippen LogP contribution in [-0.2, 0) is 9.53 Å². The molecule has 2 atom stereocenters. The Kier molecular flexibility index (Phi) is 6.04. The molecule has 1 fully saturated rings. The Balaban J connectivity index is 3.08. The summed E-state index contributed by atoms with van der Waals surface area (Å²) in [6.07, 6.45) is -9.71. The van der Waals surface area contributed by atoms with Gasteiger partial charge in [0.2, 0.25) is 6.10 Å². The van der Waals surface area contributed by atoms with E-state index in [1.807, 2.05) is 0 Å². The van der Waals surface area contributed by atoms with Gasteiger partial charge in [-0.2, -0.15) is 22.0 Å². The van der Waals surface area contributed by atoms with Crippen molar-refractivity contribution < 1.29 is 36.6 Å². The van der Waals surface area contributed by atoms with Gasteiger partial charge in [-0.05, 0) is 33.1 Å². The van der Waals surface area contributed by atoms with E-state index < -0.39 is 41.6 Å². The smallest absolute Gasteiger partial charge is 0.420 e. The van der Waals surface area contributed by atoms with E-state index in [0.717, 1.165) is 0 Å². The molecule has 1 aliphatic rings. The molecule has 0 aromatic rings. The molecule has 1 saturated carbocycles. The lowest BCUT2D eigenvalue weighted by molar-refractivity contribution is -0.298. The van der Waals surface area contributed by atoms with Gasteiger partial charge in [0.15, 0.2) is 6.10 Å². The predicted molar refractivity (Wildman–Crippen MR) is 72.9 cm³/mol. The summed E-state index contributed by atoms with van der Waals surface area (Å²) in [6, 6.07) is 0. The Morgan fingerprint density at radius 1 is 1.17 bits per heavy atom. The van der Waals surface area contributed by atoms with E-state index in [1.54, 1.807) is 6.92 Å². The standard InChI is InChI=1S/C15H23F5O3/c1-4-13(2,3)12(22)23-10(9-7-5-6-8-9)14(16,17)11(21)15(18,19)20/h9-11,21H,4-8H2,1-3H3. The number of esters is 1. The van der Waals surface area contributed by atoms with Crippen LogP contribution in [0.1, 0.15) is 52.9 Å². The number of halogens is 5. The number of hydrogen-bond acceptors (Lipinski definition) is 3. The molecule has 0 radical (unpaired) electrons. The number of carbonyl (C=O) groups is 1. The second-order valence-electron chi connectivity index (χ2n) is 6.73. The van der Waals surface area contributed by atoms with Gasteiger partial charge >= 0.3 is 18.1 Å². The number of carbonyl (C=O) groups excluding carboxylic acids is 1. The van der Waals surface area contributed by atoms with E-state index in [1.165, 1.54) is 13.8 Å². The average Bonchev–Trinajstić information content (AvgIpc) is 2.95. The molecule has 8 heteroatoms. The fraction of sp³-hybridized carbons (Fsp3) is 0.933. The molecule has 2 unspecified atom stereocenters. The molecule has 3 nitrogen and oxygen atoms in total. The summed E-state index contributed by atoms with van der Waals surface area (Å²) >= 11 is 0. The fourth-order valence-corrected chi connectivity index (χ4v) is 2.54. The number of rotatable bonds is 6. The van der Waals surface area contributed by atoms with Gasteiger partial charge in [-0.25, -0.2) is 0 Å². The number of alkyl halides is 5. The molecule has 0 aromatic carbocycles. The molecule has 0 bridgehead atoms. The number of ether oxygens (including phenoxy) is 1. The molecule has 1 N–H and O–H groups in total. The van der Waals surface area contributed by atoms with Gasteiger partial charge in [-0.15, -0.1) is 0 Å². The van der Waals surface area contributed by atoms with E-state index in [9.17, 15) is 26.7 Å². The molecule has 0 saturated heterocycles. The van der Waals surface area contributed by atoms with E-state index in [0.29, 0.717) is 12.8 Å². The SMILES string of the molecule is CCC(C)(C)C(=O)OC(C1CCCC1)C(F)(F)C(O)C(F)(F)F. The van der Waals surface area contributed by atoms with Crippen molar-refractivity contribution in [3.8, 4) is 0 Å². The molecule has 0 aliphatic heterocycles. The Morgan fingerprint density at radius 2 is 1.65 bits per heavy atom. The van der Waals surface area contributed by atoms with Crippen molar-refractivity contribution in [2.45, 2.75) is 77.2 Å². The minimum atomic E-state index is -5.49. The molecule has 136 valence electrons. The largest absolute Gasteiger partial charge is 0.455 e. The van der Waals surface area contributed by atoms with Crippen LogP contribution >= 0.6 is 0 Å². The maximum absolute atomic E-state index is 14.2. The normalized spacial score (nSPS) is 20.4. The third-order valence-corrected chi connectivity index (χ3v) is 4.55. The maximum atomic E-state index is 14.2. The van der Waals surface area contributed by atoms with Crippen LogP contribution in [0.15, 0.2) is 0 Å². The lowest BCUT2D eigenvalue weighted by Crippen LogP contribution is -2.56.